The Kier molecular flexibility index (Phi) is 29.1. The first kappa shape index (κ1) is 23.0. The van der Waals surface area contributed by atoms with Gasteiger partial charge in [-0.25, -0.2) is 0 Å². The molecule has 0 saturated heterocycles. The number of hydrogen-bond donors (Lipinski definition) is 4. The number of primary amides is 2. The summed E-state index contributed by atoms with van der Waals surface area (Å²) in [4.78, 5) is 26.6. The van der Waals surface area contributed by atoms with E-state index in [1.54, 1.807) is 0 Å². The van der Waals surface area contributed by atoms with Gasteiger partial charge in [-0.1, -0.05) is 0 Å². The zero-order valence-electron chi connectivity index (χ0n) is 7.13. The van der Waals surface area contributed by atoms with Crippen molar-refractivity contribution >= 4 is 41.2 Å². The largest absolute Gasteiger partial charge is 2.00 e. The molecule has 78 valence electrons. The Morgan fingerprint density at radius 1 is 1.07 bits per heavy atom. The summed E-state index contributed by atoms with van der Waals surface area (Å²) in [6, 6.07) is 0. The zero-order chi connectivity index (χ0) is 11.4. The standard InChI is InChI=1S/C2H5NO2.2CH3NO2.Mg/c3-1-2(4)5;2*2-1(3)4;/h1,3H2,(H,4,5);2*2H2,(H,3,4);/q;;;+2/p-2. The van der Waals surface area contributed by atoms with E-state index in [0.29, 0.717) is 0 Å². The van der Waals surface area contributed by atoms with Crippen LogP contribution in [0.1, 0.15) is 0 Å². The Hall–Kier alpha value is -1.26. The average Bonchev–Trinajstić information content (AvgIpc) is 1.84. The van der Waals surface area contributed by atoms with E-state index in [0.717, 1.165) is 0 Å². The van der Waals surface area contributed by atoms with Gasteiger partial charge in [0.25, 0.3) is 0 Å². The molecule has 0 atom stereocenters. The minimum Gasteiger partial charge on any atom is -0.530 e. The number of hydrogen-bond acceptors (Lipinski definition) is 6. The van der Waals surface area contributed by atoms with E-state index in [1.165, 1.54) is 0 Å². The number of aliphatic carboxylic acids is 1. The molecule has 0 aromatic heterocycles. The second-order valence-electron chi connectivity index (χ2n) is 1.24. The second kappa shape index (κ2) is 17.7. The molecule has 2 amide bonds. The molecule has 0 aliphatic carbocycles. The zero-order valence-corrected chi connectivity index (χ0v) is 8.55. The van der Waals surface area contributed by atoms with Crippen LogP contribution in [0.3, 0.4) is 0 Å². The van der Waals surface area contributed by atoms with Crippen molar-refractivity contribution in [2.24, 2.45) is 17.2 Å². The monoisotopic (exact) mass is 219 g/mol. The van der Waals surface area contributed by atoms with Crippen molar-refractivity contribution in [1.82, 2.24) is 0 Å². The van der Waals surface area contributed by atoms with Crippen molar-refractivity contribution in [3.8, 4) is 0 Å². The van der Waals surface area contributed by atoms with Crippen LogP contribution in [0.4, 0.5) is 9.59 Å². The van der Waals surface area contributed by atoms with Gasteiger partial charge in [0.05, 0.1) is 6.54 Å². The van der Waals surface area contributed by atoms with Gasteiger partial charge < -0.3 is 42.1 Å². The fourth-order valence-corrected chi connectivity index (χ4v) is 0. The van der Waals surface area contributed by atoms with E-state index in [4.69, 9.17) is 24.9 Å². The maximum Gasteiger partial charge on any atom is 2.00 e. The molecule has 9 nitrogen and oxygen atoms in total. The van der Waals surface area contributed by atoms with Crippen LogP contribution < -0.4 is 27.4 Å². The number of carbonyl (C=O) groups is 3. The number of rotatable bonds is 1. The second-order valence-corrected chi connectivity index (χ2v) is 1.24. The van der Waals surface area contributed by atoms with Gasteiger partial charge in [-0.2, -0.15) is 0 Å². The molecule has 0 spiro atoms. The minimum absolute atomic E-state index is 0. The predicted octanol–water partition coefficient (Wildman–Crippen LogP) is -4.77. The van der Waals surface area contributed by atoms with Gasteiger partial charge >= 0.3 is 29.0 Å². The first-order chi connectivity index (χ1) is 5.73. The molecule has 0 aliphatic heterocycles. The molecule has 0 aliphatic rings. The van der Waals surface area contributed by atoms with Crippen LogP contribution >= 0.6 is 0 Å². The maximum atomic E-state index is 9.24. The molecule has 0 heterocycles. The van der Waals surface area contributed by atoms with Crippen LogP contribution in [0.5, 0.6) is 0 Å². The number of carboxylic acids is 1. The first-order valence-corrected chi connectivity index (χ1v) is 2.58. The van der Waals surface area contributed by atoms with Crippen molar-refractivity contribution in [2.45, 2.75) is 0 Å². The van der Waals surface area contributed by atoms with E-state index in [9.17, 15) is 4.79 Å². The van der Waals surface area contributed by atoms with Gasteiger partial charge in [0.15, 0.2) is 0 Å². The summed E-state index contributed by atoms with van der Waals surface area (Å²) in [7, 11) is 0. The van der Waals surface area contributed by atoms with Crippen molar-refractivity contribution < 1.29 is 29.7 Å². The van der Waals surface area contributed by atoms with Gasteiger partial charge in [-0.3, -0.25) is 4.79 Å². The summed E-state index contributed by atoms with van der Waals surface area (Å²) in [6.45, 7) is -0.278. The number of carbonyl (C=O) groups excluding carboxylic acids is 2. The van der Waals surface area contributed by atoms with Crippen LogP contribution in [-0.4, -0.2) is 52.9 Å². The molecular formula is C4H9MgN3O6. The maximum absolute atomic E-state index is 9.24. The summed E-state index contributed by atoms with van der Waals surface area (Å²) in [5.74, 6) is -0.968. The molecule has 0 bridgehead atoms. The van der Waals surface area contributed by atoms with Gasteiger partial charge in [0, 0.05) is 0 Å². The van der Waals surface area contributed by atoms with E-state index < -0.39 is 18.2 Å². The Bertz CT molecular complexity index is 154. The summed E-state index contributed by atoms with van der Waals surface area (Å²) in [6.07, 6.45) is -3.17. The van der Waals surface area contributed by atoms with E-state index in [1.807, 2.05) is 0 Å². The van der Waals surface area contributed by atoms with Crippen molar-refractivity contribution in [3.63, 3.8) is 0 Å². The van der Waals surface area contributed by atoms with Crippen LogP contribution in [0, 0.1) is 0 Å². The van der Waals surface area contributed by atoms with Crippen molar-refractivity contribution in [2.75, 3.05) is 6.54 Å². The number of carboxylic acid groups (broad SMARTS) is 3. The Morgan fingerprint density at radius 2 is 1.14 bits per heavy atom. The molecule has 0 aromatic rings. The Balaban J connectivity index is -0.0000000522. The van der Waals surface area contributed by atoms with Crippen LogP contribution in [0.2, 0.25) is 0 Å². The van der Waals surface area contributed by atoms with Crippen LogP contribution in [-0.2, 0) is 4.79 Å². The van der Waals surface area contributed by atoms with Crippen molar-refractivity contribution in [1.29, 1.82) is 0 Å². The molecular weight excluding hydrogens is 210 g/mol. The molecule has 0 rings (SSSR count). The Labute approximate surface area is 95.0 Å². The molecule has 0 fully saturated rings. The first-order valence-electron chi connectivity index (χ1n) is 2.58. The molecule has 0 radical (unpaired) electrons. The number of amides is 2. The molecule has 0 aromatic carbocycles. The predicted molar refractivity (Wildman–Crippen MR) is 41.6 cm³/mol. The molecule has 14 heavy (non-hydrogen) atoms. The van der Waals surface area contributed by atoms with E-state index >= 15 is 0 Å². The fraction of sp³-hybridized carbons (Fsp3) is 0.250. The average molecular weight is 219 g/mol. The third-order valence-electron chi connectivity index (χ3n) is 0.175. The van der Waals surface area contributed by atoms with E-state index in [-0.39, 0.29) is 29.6 Å². The summed E-state index contributed by atoms with van der Waals surface area (Å²) < 4.78 is 0. The topological polar surface area (TPSA) is 196 Å². The van der Waals surface area contributed by atoms with E-state index in [2.05, 4.69) is 17.2 Å². The quantitative estimate of drug-likeness (QED) is 0.317. The summed E-state index contributed by atoms with van der Waals surface area (Å²) >= 11 is 0. The smallest absolute Gasteiger partial charge is 0.530 e. The Morgan fingerprint density at radius 3 is 1.14 bits per heavy atom. The SMILES string of the molecule is NC(=O)[O-].NC(=O)[O-].NCC(=O)O.[Mg+2]. The van der Waals surface area contributed by atoms with Crippen LogP contribution in [0.25, 0.3) is 0 Å². The third kappa shape index (κ3) is 1880. The fourth-order valence-electron chi connectivity index (χ4n) is 0. The molecule has 0 unspecified atom stereocenters. The minimum atomic E-state index is -1.58. The van der Waals surface area contributed by atoms with Crippen molar-refractivity contribution in [3.05, 3.63) is 0 Å². The molecule has 0 saturated carbocycles. The summed E-state index contributed by atoms with van der Waals surface area (Å²) in [5, 5.41) is 24.9. The van der Waals surface area contributed by atoms with Gasteiger partial charge in [-0.15, -0.1) is 0 Å². The van der Waals surface area contributed by atoms with Gasteiger partial charge in [0.2, 0.25) is 0 Å². The number of nitrogens with two attached hydrogens (primary N) is 3. The molecule has 7 N–H and O–H groups in total. The van der Waals surface area contributed by atoms with Crippen LogP contribution in [0.15, 0.2) is 0 Å². The molecule has 10 heteroatoms. The normalized spacial score (nSPS) is 6.07. The van der Waals surface area contributed by atoms with Gasteiger partial charge in [0.1, 0.15) is 12.2 Å². The third-order valence-corrected chi connectivity index (χ3v) is 0.175. The summed E-state index contributed by atoms with van der Waals surface area (Å²) in [5.41, 5.74) is 12.4. The van der Waals surface area contributed by atoms with Gasteiger partial charge in [-0.05, 0) is 0 Å².